The van der Waals surface area contributed by atoms with Crippen molar-refractivity contribution in [1.29, 1.82) is 0 Å². The molecule has 0 amide bonds. The highest BCUT2D eigenvalue weighted by molar-refractivity contribution is 5.87. The van der Waals surface area contributed by atoms with Crippen molar-refractivity contribution in [2.75, 3.05) is 0 Å². The van der Waals surface area contributed by atoms with Crippen LogP contribution in [0.3, 0.4) is 0 Å². The predicted octanol–water partition coefficient (Wildman–Crippen LogP) is 9.32. The summed E-state index contributed by atoms with van der Waals surface area (Å²) in [6, 6.07) is 47.0. The van der Waals surface area contributed by atoms with Gasteiger partial charge in [-0.15, -0.1) is 10.2 Å². The van der Waals surface area contributed by atoms with Gasteiger partial charge in [0.25, 0.3) is 0 Å². The van der Waals surface area contributed by atoms with Gasteiger partial charge in [-0.1, -0.05) is 146 Å². The lowest BCUT2D eigenvalue weighted by molar-refractivity contribution is 0.0677. The fourth-order valence-electron chi connectivity index (χ4n) is 7.45. The summed E-state index contributed by atoms with van der Waals surface area (Å²) >= 11 is 0. The molecule has 5 aromatic carbocycles. The standard InChI is InChI=1S/C42H38N6O3/c1-3-15-37-43-38(29(2)49)39(40(50)51)48(37)28-30-24-26-31(27-25-30)35-22-13-14-23-36(35)42(44-46-47-45-42)41(32-16-7-4-8-17-32,33-18-9-5-10-19-33)34-20-11-6-12-21-34/h4-14,16-27,29,49H,3,15,28H2,1-2H3,(H,50,51). The molecule has 1 aliphatic rings. The molecule has 9 heteroatoms. The van der Waals surface area contributed by atoms with Crippen LogP contribution in [0.25, 0.3) is 11.1 Å². The first-order chi connectivity index (χ1) is 24.9. The Labute approximate surface area is 296 Å². The van der Waals surface area contributed by atoms with Gasteiger partial charge in [0.2, 0.25) is 5.66 Å². The number of benzene rings is 5. The highest BCUT2D eigenvalue weighted by Gasteiger charge is 2.60. The zero-order chi connectivity index (χ0) is 35.4. The SMILES string of the molecule is CCCc1nc(C(C)O)c(C(=O)O)n1Cc1ccc(-c2ccccc2C2(C(c3ccccc3)(c3ccccc3)c3ccccc3)N=NN=N2)cc1. The summed E-state index contributed by atoms with van der Waals surface area (Å²) in [5.74, 6) is -0.478. The topological polar surface area (TPSA) is 125 Å². The number of aromatic carboxylic acids is 1. The Kier molecular flexibility index (Phi) is 9.21. The van der Waals surface area contributed by atoms with Crippen LogP contribution in [0.4, 0.5) is 0 Å². The third-order valence-electron chi connectivity index (χ3n) is 9.62. The molecule has 1 unspecified atom stereocenters. The average Bonchev–Trinajstić information content (AvgIpc) is 3.81. The lowest BCUT2D eigenvalue weighted by atomic mass is 9.59. The monoisotopic (exact) mass is 674 g/mol. The highest BCUT2D eigenvalue weighted by atomic mass is 16.4. The van der Waals surface area contributed by atoms with E-state index in [1.54, 1.807) is 11.5 Å². The first-order valence-electron chi connectivity index (χ1n) is 17.1. The van der Waals surface area contributed by atoms with Crippen LogP contribution in [0.1, 0.15) is 76.2 Å². The normalized spacial score (nSPS) is 14.1. The van der Waals surface area contributed by atoms with Crippen LogP contribution in [-0.2, 0) is 24.0 Å². The second-order valence-electron chi connectivity index (χ2n) is 12.7. The number of carboxylic acid groups (broad SMARTS) is 1. The van der Waals surface area contributed by atoms with E-state index in [-0.39, 0.29) is 11.4 Å². The van der Waals surface area contributed by atoms with Crippen LogP contribution in [0.2, 0.25) is 0 Å². The maximum absolute atomic E-state index is 12.4. The third kappa shape index (κ3) is 5.75. The molecule has 0 spiro atoms. The van der Waals surface area contributed by atoms with Crippen molar-refractivity contribution in [3.05, 3.63) is 185 Å². The van der Waals surface area contributed by atoms with Gasteiger partial charge in [-0.25, -0.2) is 9.78 Å². The molecule has 0 fully saturated rings. The Bertz CT molecular complexity index is 2090. The minimum Gasteiger partial charge on any atom is -0.477 e. The second kappa shape index (κ2) is 14.0. The zero-order valence-corrected chi connectivity index (χ0v) is 28.5. The van der Waals surface area contributed by atoms with Gasteiger partial charge >= 0.3 is 5.97 Å². The molecule has 6 aromatic rings. The Morgan fingerprint density at radius 1 is 0.745 bits per heavy atom. The van der Waals surface area contributed by atoms with Gasteiger partial charge < -0.3 is 14.8 Å². The van der Waals surface area contributed by atoms with Crippen molar-refractivity contribution in [3.8, 4) is 11.1 Å². The molecule has 1 atom stereocenters. The summed E-state index contributed by atoms with van der Waals surface area (Å²) in [6.07, 6.45) is 0.381. The molecule has 0 saturated carbocycles. The van der Waals surface area contributed by atoms with Gasteiger partial charge in [-0.05, 0) is 57.2 Å². The Hall–Kier alpha value is -6.06. The molecule has 254 valence electrons. The maximum atomic E-state index is 12.4. The molecule has 0 saturated heterocycles. The average molecular weight is 675 g/mol. The van der Waals surface area contributed by atoms with Crippen molar-refractivity contribution < 1.29 is 15.0 Å². The number of hydrogen-bond acceptors (Lipinski definition) is 7. The molecule has 7 rings (SSSR count). The zero-order valence-electron chi connectivity index (χ0n) is 28.5. The molecule has 0 radical (unpaired) electrons. The fourth-order valence-corrected chi connectivity index (χ4v) is 7.45. The van der Waals surface area contributed by atoms with Gasteiger partial charge in [0.15, 0.2) is 5.69 Å². The van der Waals surface area contributed by atoms with E-state index in [1.165, 1.54) is 0 Å². The smallest absolute Gasteiger partial charge is 0.354 e. The van der Waals surface area contributed by atoms with Crippen LogP contribution >= 0.6 is 0 Å². The molecule has 51 heavy (non-hydrogen) atoms. The molecule has 2 heterocycles. The number of hydrogen-bond donors (Lipinski definition) is 2. The summed E-state index contributed by atoms with van der Waals surface area (Å²) in [5, 5.41) is 38.8. The first-order valence-corrected chi connectivity index (χ1v) is 17.1. The number of carbonyl (C=O) groups is 1. The molecule has 1 aliphatic heterocycles. The minimum atomic E-state index is -1.33. The van der Waals surface area contributed by atoms with E-state index in [0.29, 0.717) is 18.8 Å². The summed E-state index contributed by atoms with van der Waals surface area (Å²) < 4.78 is 1.71. The van der Waals surface area contributed by atoms with Crippen molar-refractivity contribution in [2.24, 2.45) is 20.7 Å². The van der Waals surface area contributed by atoms with E-state index in [1.807, 2.05) is 97.9 Å². The molecular formula is C42H38N6O3. The van der Waals surface area contributed by atoms with E-state index in [0.717, 1.165) is 45.4 Å². The lowest BCUT2D eigenvalue weighted by Gasteiger charge is -2.45. The molecule has 9 nitrogen and oxygen atoms in total. The first kappa shape index (κ1) is 33.4. The largest absolute Gasteiger partial charge is 0.477 e. The van der Waals surface area contributed by atoms with Gasteiger partial charge in [-0.3, -0.25) is 0 Å². The Morgan fingerprint density at radius 3 is 1.75 bits per heavy atom. The fraction of sp³-hybridized carbons (Fsp3) is 0.190. The number of rotatable bonds is 12. The maximum Gasteiger partial charge on any atom is 0.354 e. The van der Waals surface area contributed by atoms with Crippen LogP contribution in [0.5, 0.6) is 0 Å². The van der Waals surface area contributed by atoms with Gasteiger partial charge in [0.05, 0.1) is 11.5 Å². The third-order valence-corrected chi connectivity index (χ3v) is 9.62. The van der Waals surface area contributed by atoms with Gasteiger partial charge in [-0.2, -0.15) is 0 Å². The van der Waals surface area contributed by atoms with Crippen molar-refractivity contribution >= 4 is 5.97 Å². The minimum absolute atomic E-state index is 0.0147. The van der Waals surface area contributed by atoms with Crippen molar-refractivity contribution in [3.63, 3.8) is 0 Å². The molecule has 0 bridgehead atoms. The van der Waals surface area contributed by atoms with E-state index < -0.39 is 23.2 Å². The molecule has 2 N–H and O–H groups in total. The molecule has 0 aliphatic carbocycles. The number of aliphatic hydroxyl groups is 1. The Balaban J connectivity index is 1.40. The number of aryl methyl sites for hydroxylation is 1. The van der Waals surface area contributed by atoms with E-state index in [4.69, 9.17) is 10.2 Å². The Morgan fingerprint density at radius 2 is 1.25 bits per heavy atom. The highest BCUT2D eigenvalue weighted by Crippen LogP contribution is 2.58. The number of nitrogens with zero attached hydrogens (tertiary/aromatic N) is 6. The van der Waals surface area contributed by atoms with Crippen molar-refractivity contribution in [2.45, 2.75) is 50.4 Å². The van der Waals surface area contributed by atoms with E-state index in [2.05, 4.69) is 64.0 Å². The number of aromatic nitrogens is 2. The van der Waals surface area contributed by atoms with E-state index in [9.17, 15) is 15.0 Å². The van der Waals surface area contributed by atoms with Crippen LogP contribution in [-0.4, -0.2) is 25.7 Å². The molecule has 1 aromatic heterocycles. The van der Waals surface area contributed by atoms with Crippen LogP contribution in [0.15, 0.2) is 160 Å². The second-order valence-corrected chi connectivity index (χ2v) is 12.7. The van der Waals surface area contributed by atoms with Crippen LogP contribution < -0.4 is 0 Å². The van der Waals surface area contributed by atoms with Gasteiger partial charge in [0, 0.05) is 18.5 Å². The summed E-state index contributed by atoms with van der Waals surface area (Å²) in [6.45, 7) is 3.86. The number of carboxylic acids is 1. The summed E-state index contributed by atoms with van der Waals surface area (Å²) in [5.41, 5.74) is 4.42. The van der Waals surface area contributed by atoms with Gasteiger partial charge in [0.1, 0.15) is 11.5 Å². The van der Waals surface area contributed by atoms with E-state index >= 15 is 0 Å². The molecular weight excluding hydrogens is 637 g/mol. The summed E-state index contributed by atoms with van der Waals surface area (Å²) in [4.78, 5) is 16.9. The number of aliphatic hydroxyl groups excluding tert-OH is 1. The van der Waals surface area contributed by atoms with Crippen molar-refractivity contribution in [1.82, 2.24) is 9.55 Å². The quantitative estimate of drug-likeness (QED) is 0.126. The summed E-state index contributed by atoms with van der Waals surface area (Å²) in [7, 11) is 0. The lowest BCUT2D eigenvalue weighted by Crippen LogP contribution is -2.48. The van der Waals surface area contributed by atoms with Crippen LogP contribution in [0, 0.1) is 0 Å². The number of imidazole rings is 1. The predicted molar refractivity (Wildman–Crippen MR) is 195 cm³/mol.